The fraction of sp³-hybridized carbons (Fsp3) is 0.235. The van der Waals surface area contributed by atoms with Gasteiger partial charge in [0.15, 0.2) is 5.82 Å². The zero-order valence-electron chi connectivity index (χ0n) is 24.6. The van der Waals surface area contributed by atoms with E-state index in [1.807, 2.05) is 36.4 Å². The van der Waals surface area contributed by atoms with E-state index < -0.39 is 5.82 Å². The Bertz CT molecular complexity index is 1970. The number of aryl methyl sites for hydroxylation is 1. The van der Waals surface area contributed by atoms with Gasteiger partial charge < -0.3 is 19.5 Å². The number of fused-ring (bicyclic) bond motifs is 2. The standard InChI is InChI=1S/C34H30F2N6O3/c1-45-30-10-3-2-8-23(30)25-16-24(21-7-5-13-40(18-21)31(43)11-14-42-15-12-37-39-42)32(36)33-26(25)17-29(38-33)34(44)41-19-22-6-4-9-28(35)27(22)20-41/h2-4,6-10,12,15-17,38H,5,11,13-14,18-20H2,1H3. The second-order valence-electron chi connectivity index (χ2n) is 11.2. The lowest BCUT2D eigenvalue weighted by atomic mass is 9.93. The summed E-state index contributed by atoms with van der Waals surface area (Å²) in [6.45, 7) is 1.58. The normalized spacial score (nSPS) is 14.5. The van der Waals surface area contributed by atoms with Gasteiger partial charge in [0.05, 0.1) is 25.4 Å². The first-order valence-electron chi connectivity index (χ1n) is 14.8. The second kappa shape index (κ2) is 11.6. The summed E-state index contributed by atoms with van der Waals surface area (Å²) < 4.78 is 38.2. The first-order chi connectivity index (χ1) is 21.9. The molecule has 2 aliphatic heterocycles. The minimum Gasteiger partial charge on any atom is -0.496 e. The summed E-state index contributed by atoms with van der Waals surface area (Å²) in [6, 6.07) is 15.7. The van der Waals surface area contributed by atoms with Crippen LogP contribution in [0, 0.1) is 11.6 Å². The molecule has 0 saturated carbocycles. The Morgan fingerprint density at radius 1 is 0.978 bits per heavy atom. The van der Waals surface area contributed by atoms with Gasteiger partial charge in [0, 0.05) is 60.9 Å². The number of hydrogen-bond donors (Lipinski definition) is 1. The van der Waals surface area contributed by atoms with Gasteiger partial charge in [-0.2, -0.15) is 0 Å². The summed E-state index contributed by atoms with van der Waals surface area (Å²) in [4.78, 5) is 33.1. The zero-order valence-corrected chi connectivity index (χ0v) is 24.6. The molecule has 2 aliphatic rings. The van der Waals surface area contributed by atoms with Crippen molar-refractivity contribution in [2.45, 2.75) is 32.5 Å². The maximum Gasteiger partial charge on any atom is 0.270 e. The first kappa shape index (κ1) is 28.5. The number of para-hydroxylation sites is 1. The molecule has 2 amide bonds. The van der Waals surface area contributed by atoms with Crippen LogP contribution in [0.4, 0.5) is 8.78 Å². The molecule has 0 saturated heterocycles. The van der Waals surface area contributed by atoms with Crippen LogP contribution in [-0.4, -0.2) is 61.8 Å². The fourth-order valence-electron chi connectivity index (χ4n) is 6.27. The number of benzene rings is 3. The second-order valence-corrected chi connectivity index (χ2v) is 11.2. The maximum atomic E-state index is 16.5. The van der Waals surface area contributed by atoms with Crippen LogP contribution < -0.4 is 4.74 Å². The van der Waals surface area contributed by atoms with E-state index >= 15 is 4.39 Å². The van der Waals surface area contributed by atoms with Gasteiger partial charge in [-0.3, -0.25) is 14.3 Å². The molecule has 1 N–H and O–H groups in total. The van der Waals surface area contributed by atoms with Gasteiger partial charge in [-0.25, -0.2) is 8.78 Å². The number of hydrogen-bond acceptors (Lipinski definition) is 5. The highest BCUT2D eigenvalue weighted by molar-refractivity contribution is 6.05. The Morgan fingerprint density at radius 2 is 1.84 bits per heavy atom. The van der Waals surface area contributed by atoms with Crippen LogP contribution >= 0.6 is 0 Å². The molecule has 0 radical (unpaired) electrons. The lowest BCUT2D eigenvalue weighted by molar-refractivity contribution is -0.131. The number of carbonyl (C=O) groups excluding carboxylic acids is 2. The van der Waals surface area contributed by atoms with Gasteiger partial charge >= 0.3 is 0 Å². The molecular formula is C34H30F2N6O3. The number of H-pyrrole nitrogens is 1. The van der Waals surface area contributed by atoms with Gasteiger partial charge in [0.25, 0.3) is 5.91 Å². The molecule has 5 aromatic rings. The van der Waals surface area contributed by atoms with E-state index in [-0.39, 0.29) is 54.9 Å². The monoisotopic (exact) mass is 608 g/mol. The largest absolute Gasteiger partial charge is 0.496 e. The summed E-state index contributed by atoms with van der Waals surface area (Å²) in [7, 11) is 1.57. The van der Waals surface area contributed by atoms with E-state index in [0.717, 1.165) is 11.1 Å². The Hall–Kier alpha value is -5.32. The molecule has 11 heteroatoms. The van der Waals surface area contributed by atoms with Crippen molar-refractivity contribution < 1.29 is 23.1 Å². The van der Waals surface area contributed by atoms with Crippen molar-refractivity contribution in [3.8, 4) is 16.9 Å². The van der Waals surface area contributed by atoms with Crippen molar-refractivity contribution >= 4 is 28.3 Å². The van der Waals surface area contributed by atoms with Crippen molar-refractivity contribution in [2.75, 3.05) is 20.2 Å². The average molecular weight is 609 g/mol. The predicted molar refractivity (Wildman–Crippen MR) is 164 cm³/mol. The molecule has 0 bridgehead atoms. The molecule has 7 rings (SSSR count). The van der Waals surface area contributed by atoms with Crippen LogP contribution in [0.3, 0.4) is 0 Å². The number of nitrogens with zero attached hydrogens (tertiary/aromatic N) is 5. The number of methoxy groups -OCH3 is 1. The number of rotatable bonds is 7. The number of halogens is 2. The third-order valence-corrected chi connectivity index (χ3v) is 8.57. The quantitative estimate of drug-likeness (QED) is 0.261. The highest BCUT2D eigenvalue weighted by Gasteiger charge is 2.29. The van der Waals surface area contributed by atoms with E-state index in [1.165, 1.54) is 6.07 Å². The van der Waals surface area contributed by atoms with E-state index in [1.54, 1.807) is 52.2 Å². The molecule has 0 fully saturated rings. The molecule has 0 spiro atoms. The molecular weight excluding hydrogens is 578 g/mol. The minimum absolute atomic E-state index is 0.0571. The van der Waals surface area contributed by atoms with E-state index in [4.69, 9.17) is 4.74 Å². The Labute approximate surface area is 257 Å². The lowest BCUT2D eigenvalue weighted by Gasteiger charge is -2.28. The maximum absolute atomic E-state index is 16.5. The van der Waals surface area contributed by atoms with E-state index in [0.29, 0.717) is 52.9 Å². The molecule has 0 unspecified atom stereocenters. The van der Waals surface area contributed by atoms with Crippen molar-refractivity contribution in [2.24, 2.45) is 0 Å². The van der Waals surface area contributed by atoms with Gasteiger partial charge in [0.1, 0.15) is 17.3 Å². The average Bonchev–Trinajstić information content (AvgIpc) is 3.84. The van der Waals surface area contributed by atoms with Crippen LogP contribution in [0.2, 0.25) is 0 Å². The van der Waals surface area contributed by atoms with Gasteiger partial charge in [-0.05, 0) is 47.4 Å². The van der Waals surface area contributed by atoms with Crippen molar-refractivity contribution in [1.29, 1.82) is 0 Å². The van der Waals surface area contributed by atoms with Crippen molar-refractivity contribution in [3.05, 3.63) is 107 Å². The van der Waals surface area contributed by atoms with Gasteiger partial charge in [-0.15, -0.1) is 5.10 Å². The van der Waals surface area contributed by atoms with Crippen molar-refractivity contribution in [1.82, 2.24) is 29.8 Å². The number of amides is 2. The Balaban J connectivity index is 1.26. The highest BCUT2D eigenvalue weighted by Crippen LogP contribution is 2.40. The topological polar surface area (TPSA) is 96.3 Å². The minimum atomic E-state index is -0.512. The molecule has 4 heterocycles. The predicted octanol–water partition coefficient (Wildman–Crippen LogP) is 5.58. The summed E-state index contributed by atoms with van der Waals surface area (Å²) in [5, 5.41) is 8.22. The van der Waals surface area contributed by atoms with Gasteiger partial charge in [0.2, 0.25) is 5.91 Å². The molecule has 9 nitrogen and oxygen atoms in total. The van der Waals surface area contributed by atoms with Crippen LogP contribution in [0.5, 0.6) is 5.75 Å². The number of aromatic amines is 1. The molecule has 228 valence electrons. The van der Waals surface area contributed by atoms with E-state index in [2.05, 4.69) is 15.3 Å². The SMILES string of the molecule is COc1ccccc1-c1cc(C2=CCCN(C(=O)CCn3ccnn3)C2)c(F)c2[nH]c(C(=O)N3Cc4cccc(F)c4C3)cc12. The smallest absolute Gasteiger partial charge is 0.270 e. The number of nitrogens with one attached hydrogen (secondary N) is 1. The van der Waals surface area contributed by atoms with E-state index in [9.17, 15) is 14.0 Å². The third-order valence-electron chi connectivity index (χ3n) is 8.57. The number of carbonyl (C=O) groups is 2. The highest BCUT2D eigenvalue weighted by atomic mass is 19.1. The number of ether oxygens (including phenoxy) is 1. The first-order valence-corrected chi connectivity index (χ1v) is 14.8. The van der Waals surface area contributed by atoms with Gasteiger partial charge in [-0.1, -0.05) is 41.6 Å². The summed E-state index contributed by atoms with van der Waals surface area (Å²) in [5.41, 5.74) is 4.06. The fourth-order valence-corrected chi connectivity index (χ4v) is 6.27. The summed E-state index contributed by atoms with van der Waals surface area (Å²) in [6.07, 6.45) is 6.05. The molecule has 0 aliphatic carbocycles. The molecule has 3 aromatic carbocycles. The molecule has 45 heavy (non-hydrogen) atoms. The van der Waals surface area contributed by atoms with Crippen LogP contribution in [-0.2, 0) is 24.4 Å². The molecule has 2 aromatic heterocycles. The van der Waals surface area contributed by atoms with Crippen LogP contribution in [0.1, 0.15) is 40.0 Å². The Morgan fingerprint density at radius 3 is 2.64 bits per heavy atom. The van der Waals surface area contributed by atoms with Crippen LogP contribution in [0.15, 0.2) is 73.1 Å². The lowest BCUT2D eigenvalue weighted by Crippen LogP contribution is -2.36. The third kappa shape index (κ3) is 5.24. The van der Waals surface area contributed by atoms with Crippen LogP contribution in [0.25, 0.3) is 27.6 Å². The van der Waals surface area contributed by atoms with Crippen molar-refractivity contribution in [3.63, 3.8) is 0 Å². The zero-order chi connectivity index (χ0) is 31.1. The Kier molecular flexibility index (Phi) is 7.36. The number of aromatic nitrogens is 4. The summed E-state index contributed by atoms with van der Waals surface area (Å²) >= 11 is 0. The summed E-state index contributed by atoms with van der Waals surface area (Å²) in [5.74, 6) is -0.673. The molecule has 0 atom stereocenters.